The van der Waals surface area contributed by atoms with Crippen molar-refractivity contribution in [1.29, 1.82) is 0 Å². The average molecular weight is 290 g/mol. The van der Waals surface area contributed by atoms with Gasteiger partial charge in [-0.05, 0) is 43.4 Å². The predicted molar refractivity (Wildman–Crippen MR) is 70.4 cm³/mol. The van der Waals surface area contributed by atoms with Crippen molar-refractivity contribution in [3.05, 3.63) is 23.5 Å². The minimum absolute atomic E-state index is 0.229. The van der Waals surface area contributed by atoms with Gasteiger partial charge in [0.25, 0.3) is 0 Å². The Labute approximate surface area is 117 Å². The zero-order valence-electron chi connectivity index (χ0n) is 11.7. The first kappa shape index (κ1) is 15.4. The molecular weight excluding hydrogens is 269 g/mol. The molecule has 2 rings (SSSR count). The van der Waals surface area contributed by atoms with Crippen LogP contribution in [0.5, 0.6) is 0 Å². The Bertz CT molecular complexity index is 429. The van der Waals surface area contributed by atoms with Gasteiger partial charge in [0.1, 0.15) is 0 Å². The molecule has 1 unspecified atom stereocenters. The van der Waals surface area contributed by atoms with E-state index < -0.39 is 6.36 Å². The lowest BCUT2D eigenvalue weighted by Gasteiger charge is -2.23. The molecule has 0 aromatic carbocycles. The second kappa shape index (κ2) is 6.63. The largest absolute Gasteiger partial charge is 0.522 e. The van der Waals surface area contributed by atoms with Gasteiger partial charge in [-0.3, -0.25) is 4.74 Å². The summed E-state index contributed by atoms with van der Waals surface area (Å²) in [5.41, 5.74) is 2.48. The van der Waals surface area contributed by atoms with E-state index >= 15 is 0 Å². The van der Waals surface area contributed by atoms with Gasteiger partial charge in [0.15, 0.2) is 0 Å². The van der Waals surface area contributed by atoms with Crippen LogP contribution in [-0.4, -0.2) is 24.1 Å². The molecule has 1 N–H and O–H groups in total. The van der Waals surface area contributed by atoms with Gasteiger partial charge in [-0.25, -0.2) is 0 Å². The van der Waals surface area contributed by atoms with Crippen molar-refractivity contribution in [2.45, 2.75) is 51.6 Å². The van der Waals surface area contributed by atoms with Crippen molar-refractivity contribution in [2.24, 2.45) is 0 Å². The number of aromatic nitrogens is 1. The molecule has 20 heavy (non-hydrogen) atoms. The van der Waals surface area contributed by atoms with Gasteiger partial charge < -0.3 is 9.88 Å². The lowest BCUT2D eigenvalue weighted by molar-refractivity contribution is -0.325. The molecule has 3 nitrogen and oxygen atoms in total. The number of fused-ring (bicyclic) bond motifs is 1. The van der Waals surface area contributed by atoms with Gasteiger partial charge >= 0.3 is 6.36 Å². The predicted octanol–water partition coefficient (Wildman–Crippen LogP) is 3.40. The SMILES string of the molecule is CCCNC1CCCc2cn(CCOC(F)(F)F)cc21. The summed E-state index contributed by atoms with van der Waals surface area (Å²) in [6.45, 7) is 2.97. The van der Waals surface area contributed by atoms with Crippen molar-refractivity contribution in [3.8, 4) is 0 Å². The van der Waals surface area contributed by atoms with Gasteiger partial charge in [-0.1, -0.05) is 6.92 Å². The van der Waals surface area contributed by atoms with Crippen molar-refractivity contribution in [3.63, 3.8) is 0 Å². The molecule has 1 heterocycles. The number of nitrogens with zero attached hydrogens (tertiary/aromatic N) is 1. The molecule has 114 valence electrons. The first-order chi connectivity index (χ1) is 9.49. The van der Waals surface area contributed by atoms with Crippen molar-refractivity contribution in [1.82, 2.24) is 9.88 Å². The van der Waals surface area contributed by atoms with Crippen LogP contribution in [0.3, 0.4) is 0 Å². The van der Waals surface area contributed by atoms with Crippen LogP contribution in [0, 0.1) is 0 Å². The third-order valence-corrected chi connectivity index (χ3v) is 3.57. The summed E-state index contributed by atoms with van der Waals surface area (Å²) in [7, 11) is 0. The van der Waals surface area contributed by atoms with Crippen LogP contribution >= 0.6 is 0 Å². The summed E-state index contributed by atoms with van der Waals surface area (Å²) in [6.07, 6.45) is 3.67. The molecule has 6 heteroatoms. The highest BCUT2D eigenvalue weighted by Gasteiger charge is 2.28. The van der Waals surface area contributed by atoms with E-state index in [0.717, 1.165) is 32.2 Å². The molecule has 0 bridgehead atoms. The highest BCUT2D eigenvalue weighted by molar-refractivity contribution is 5.30. The Balaban J connectivity index is 1.95. The zero-order valence-corrected chi connectivity index (χ0v) is 11.7. The number of alkyl halides is 3. The van der Waals surface area contributed by atoms with Crippen molar-refractivity contribution >= 4 is 0 Å². The van der Waals surface area contributed by atoms with Crippen LogP contribution < -0.4 is 5.32 Å². The first-order valence-electron chi connectivity index (χ1n) is 7.12. The lowest BCUT2D eigenvalue weighted by Crippen LogP contribution is -2.25. The topological polar surface area (TPSA) is 26.2 Å². The van der Waals surface area contributed by atoms with Crippen LogP contribution in [0.1, 0.15) is 43.4 Å². The van der Waals surface area contributed by atoms with E-state index in [9.17, 15) is 13.2 Å². The Morgan fingerprint density at radius 3 is 2.90 bits per heavy atom. The van der Waals surface area contributed by atoms with E-state index in [0.29, 0.717) is 6.04 Å². The average Bonchev–Trinajstić information content (AvgIpc) is 2.78. The minimum atomic E-state index is -4.54. The highest BCUT2D eigenvalue weighted by atomic mass is 19.4. The van der Waals surface area contributed by atoms with Crippen molar-refractivity contribution in [2.75, 3.05) is 13.2 Å². The monoisotopic (exact) mass is 290 g/mol. The zero-order chi connectivity index (χ0) is 14.6. The number of hydrogen-bond donors (Lipinski definition) is 1. The van der Waals surface area contributed by atoms with Crippen LogP contribution in [0.2, 0.25) is 0 Å². The van der Waals surface area contributed by atoms with E-state index in [1.54, 1.807) is 0 Å². The molecular formula is C14H21F3N2O. The van der Waals surface area contributed by atoms with E-state index in [-0.39, 0.29) is 13.2 Å². The molecule has 0 saturated carbocycles. The Kier molecular flexibility index (Phi) is 5.10. The standard InChI is InChI=1S/C14H21F3N2O/c1-2-6-18-13-5-3-4-11-9-19(10-12(11)13)7-8-20-14(15,16)17/h9-10,13,18H,2-8H2,1H3. The summed E-state index contributed by atoms with van der Waals surface area (Å²) in [6, 6.07) is 0.337. The molecule has 1 aromatic heterocycles. The fraction of sp³-hybridized carbons (Fsp3) is 0.714. The van der Waals surface area contributed by atoms with Gasteiger partial charge in [-0.15, -0.1) is 13.2 Å². The maximum Gasteiger partial charge on any atom is 0.522 e. The first-order valence-corrected chi connectivity index (χ1v) is 7.12. The molecule has 0 radical (unpaired) electrons. The lowest BCUT2D eigenvalue weighted by atomic mass is 9.91. The normalized spacial score (nSPS) is 19.1. The Morgan fingerprint density at radius 1 is 1.40 bits per heavy atom. The summed E-state index contributed by atoms with van der Waals surface area (Å²) in [5, 5.41) is 3.50. The smallest absolute Gasteiger partial charge is 0.351 e. The third-order valence-electron chi connectivity index (χ3n) is 3.57. The van der Waals surface area contributed by atoms with Gasteiger partial charge in [0, 0.05) is 25.0 Å². The van der Waals surface area contributed by atoms with Crippen molar-refractivity contribution < 1.29 is 17.9 Å². The number of nitrogens with one attached hydrogen (secondary N) is 1. The summed E-state index contributed by atoms with van der Waals surface area (Å²) >= 11 is 0. The number of rotatable bonds is 6. The number of hydrogen-bond acceptors (Lipinski definition) is 2. The molecule has 1 atom stereocenters. The van der Waals surface area contributed by atoms with E-state index in [1.165, 1.54) is 11.1 Å². The molecule has 0 fully saturated rings. The fourth-order valence-electron chi connectivity index (χ4n) is 2.67. The van der Waals surface area contributed by atoms with Gasteiger partial charge in [0.2, 0.25) is 0 Å². The summed E-state index contributed by atoms with van der Waals surface area (Å²) < 4.78 is 41.5. The van der Waals surface area contributed by atoms with Crippen LogP contribution in [0.25, 0.3) is 0 Å². The number of halogens is 3. The minimum Gasteiger partial charge on any atom is -0.351 e. The molecule has 1 aromatic rings. The van der Waals surface area contributed by atoms with Crippen LogP contribution in [-0.2, 0) is 17.7 Å². The molecule has 0 spiro atoms. The van der Waals surface area contributed by atoms with E-state index in [1.807, 2.05) is 17.0 Å². The number of ether oxygens (including phenoxy) is 1. The van der Waals surface area contributed by atoms with Gasteiger partial charge in [0.05, 0.1) is 6.61 Å². The van der Waals surface area contributed by atoms with Gasteiger partial charge in [-0.2, -0.15) is 0 Å². The second-order valence-electron chi connectivity index (χ2n) is 5.17. The van der Waals surface area contributed by atoms with Crippen LogP contribution in [0.15, 0.2) is 12.4 Å². The molecule has 0 amide bonds. The molecule has 0 saturated heterocycles. The summed E-state index contributed by atoms with van der Waals surface area (Å²) in [5.74, 6) is 0. The maximum absolute atomic E-state index is 11.9. The quantitative estimate of drug-likeness (QED) is 0.869. The highest BCUT2D eigenvalue weighted by Crippen LogP contribution is 2.30. The van der Waals surface area contributed by atoms with Crippen LogP contribution in [0.4, 0.5) is 13.2 Å². The third kappa shape index (κ3) is 4.24. The Hall–Kier alpha value is -1.01. The molecule has 1 aliphatic carbocycles. The van der Waals surface area contributed by atoms with E-state index in [4.69, 9.17) is 0 Å². The number of aryl methyl sites for hydroxylation is 1. The fourth-order valence-corrected chi connectivity index (χ4v) is 2.67. The second-order valence-corrected chi connectivity index (χ2v) is 5.17. The maximum atomic E-state index is 11.9. The Morgan fingerprint density at radius 2 is 2.20 bits per heavy atom. The summed E-state index contributed by atoms with van der Waals surface area (Å²) in [4.78, 5) is 0. The van der Waals surface area contributed by atoms with E-state index in [2.05, 4.69) is 17.0 Å². The molecule has 1 aliphatic rings. The molecule has 0 aliphatic heterocycles.